The Bertz CT molecular complexity index is 2630. The molecule has 0 radical (unpaired) electrons. The maximum Gasteiger partial charge on any atom is 0.303 e. The van der Waals surface area contributed by atoms with E-state index in [2.05, 4.69) is 78.9 Å². The zero-order valence-corrected chi connectivity index (χ0v) is 50.9. The number of allylic oxidation sites excluding steroid dienone is 8. The Morgan fingerprint density at radius 1 is 0.577 bits per heavy atom. The van der Waals surface area contributed by atoms with Crippen molar-refractivity contribution in [3.63, 3.8) is 0 Å². The normalized spacial score (nSPS) is 43.9. The maximum atomic E-state index is 14.5. The largest absolute Gasteiger partial charge is 0.481 e. The fourth-order valence-electron chi connectivity index (χ4n) is 21.0. The van der Waals surface area contributed by atoms with Crippen LogP contribution in [0, 0.1) is 114 Å². The molecular formula is C68H99N3O7. The van der Waals surface area contributed by atoms with Crippen molar-refractivity contribution in [3.8, 4) is 0 Å². The summed E-state index contributed by atoms with van der Waals surface area (Å²) in [6, 6.07) is 0. The molecule has 10 aliphatic carbocycles. The smallest absolute Gasteiger partial charge is 0.303 e. The van der Waals surface area contributed by atoms with Gasteiger partial charge >= 0.3 is 5.97 Å². The van der Waals surface area contributed by atoms with Gasteiger partial charge in [-0.1, -0.05) is 135 Å². The number of fused-ring (bicyclic) bond motifs is 14. The van der Waals surface area contributed by atoms with E-state index in [1.54, 1.807) is 0 Å². The summed E-state index contributed by atoms with van der Waals surface area (Å²) in [6.07, 6.45) is 23.5. The molecule has 6 fully saturated rings. The number of hydrogen-bond donors (Lipinski definition) is 2. The average molecular weight is 1070 g/mol. The third-order valence-electron chi connectivity index (χ3n) is 25.7. The summed E-state index contributed by atoms with van der Waals surface area (Å²) in [6.45, 7) is 46.5. The van der Waals surface area contributed by atoms with E-state index < -0.39 is 27.6 Å². The molecule has 0 aliphatic heterocycles. The lowest BCUT2D eigenvalue weighted by Crippen LogP contribution is -2.64. The summed E-state index contributed by atoms with van der Waals surface area (Å²) in [5.74, 6) is -0.405. The molecule has 10 aliphatic rings. The first-order chi connectivity index (χ1) is 36.9. The van der Waals surface area contributed by atoms with E-state index in [4.69, 9.17) is 21.6 Å². The van der Waals surface area contributed by atoms with Crippen LogP contribution in [0.4, 0.5) is 0 Å². The number of primary amides is 1. The first-order valence-corrected chi connectivity index (χ1v) is 29.3. The van der Waals surface area contributed by atoms with Gasteiger partial charge in [0.25, 0.3) is 0 Å². The third-order valence-corrected chi connectivity index (χ3v) is 25.7. The number of Topliss-reactive ketones (excluding diaryl/α,β-unsaturated/α-hetero) is 2. The minimum Gasteiger partial charge on any atom is -0.481 e. The Morgan fingerprint density at radius 3 is 1.26 bits per heavy atom. The zero-order chi connectivity index (χ0) is 60.2. The van der Waals surface area contributed by atoms with Gasteiger partial charge in [-0.15, -0.1) is 0 Å². The van der Waals surface area contributed by atoms with Crippen LogP contribution in [-0.4, -0.2) is 40.1 Å². The molecule has 0 heterocycles. The Kier molecular flexibility index (Phi) is 14.2. The molecule has 10 rings (SSSR count). The fraction of sp³-hybridized carbons (Fsp3) is 0.765. The predicted molar refractivity (Wildman–Crippen MR) is 309 cm³/mol. The summed E-state index contributed by atoms with van der Waals surface area (Å²) in [5.41, 5.74) is 5.34. The van der Waals surface area contributed by atoms with Crippen molar-refractivity contribution < 1.29 is 36.6 Å². The van der Waals surface area contributed by atoms with E-state index in [0.29, 0.717) is 12.8 Å². The number of nitrogens with two attached hydrogens (primary N) is 1. The van der Waals surface area contributed by atoms with Crippen molar-refractivity contribution >= 4 is 35.0 Å². The number of ketones is 4. The number of hydrogen-bond acceptors (Lipinski definition) is 6. The minimum absolute atomic E-state index is 0.0103. The van der Waals surface area contributed by atoms with Crippen LogP contribution in [0.25, 0.3) is 9.69 Å². The van der Waals surface area contributed by atoms with E-state index in [1.807, 2.05) is 52.0 Å². The second-order valence-corrected chi connectivity index (χ2v) is 31.0. The number of carbonyl (C=O) groups excluding carboxylic acids is 5. The van der Waals surface area contributed by atoms with E-state index in [9.17, 15) is 33.9 Å². The highest BCUT2D eigenvalue weighted by molar-refractivity contribution is 6.04. The van der Waals surface area contributed by atoms with Crippen LogP contribution in [0.1, 0.15) is 230 Å². The number of aliphatic carboxylic acids is 1. The Labute approximate surface area is 473 Å². The molecule has 0 aromatic heterocycles. The molecule has 14 atom stereocenters. The Morgan fingerprint density at radius 2 is 0.923 bits per heavy atom. The van der Waals surface area contributed by atoms with Crippen molar-refractivity contribution in [2.45, 2.75) is 227 Å². The van der Waals surface area contributed by atoms with Crippen LogP contribution in [-0.2, 0) is 28.8 Å². The third kappa shape index (κ3) is 8.43. The van der Waals surface area contributed by atoms with Crippen LogP contribution >= 0.6 is 0 Å². The number of carbonyl (C=O) groups is 6. The molecule has 78 heavy (non-hydrogen) atoms. The Hall–Kier alpha value is -4.44. The maximum absolute atomic E-state index is 14.5. The molecule has 0 aromatic carbocycles. The van der Waals surface area contributed by atoms with Gasteiger partial charge in [0, 0.05) is 49.1 Å². The molecule has 0 spiro atoms. The van der Waals surface area contributed by atoms with Crippen LogP contribution in [0.3, 0.4) is 0 Å². The topological polar surface area (TPSA) is 157 Å². The molecule has 0 aromatic rings. The summed E-state index contributed by atoms with van der Waals surface area (Å²) >= 11 is 0. The van der Waals surface area contributed by atoms with Gasteiger partial charge in [-0.05, 0) is 182 Å². The minimum atomic E-state index is -0.747. The zero-order valence-electron chi connectivity index (χ0n) is 52.9. The van der Waals surface area contributed by atoms with Crippen molar-refractivity contribution in [1.82, 2.24) is 0 Å². The summed E-state index contributed by atoms with van der Waals surface area (Å²) in [4.78, 5) is 86.2. The van der Waals surface area contributed by atoms with Gasteiger partial charge < -0.3 is 20.4 Å². The van der Waals surface area contributed by atoms with Gasteiger partial charge in [0.05, 0.1) is 13.1 Å². The second kappa shape index (κ2) is 19.1. The van der Waals surface area contributed by atoms with E-state index in [0.717, 1.165) is 107 Å². The molecule has 10 heteroatoms. The standard InChI is InChI=1S/C33H46N2O3.C33H45NO4.2CH4/c1-28(2)13-15-33(12-10-25(34)37)16-14-32(7)26(20(33)18-28)22(36)17-24-30(5)19-21(35-8)27(38)29(3,4)23(30)9-11-31(24,32)6;1-28(2)13-15-33(12-10-25(36)37)16-14-32(7)26(20(33)18-28)22(35)17-24-30(5)19-21(34-8)27(38)29(3,4)23(30)9-11-31(24,32)6;;/h17,19-20,23,26H,9-16,18H2,1-7H3,(H2,34,37);17,19-20,23,26H,9-16,18H2,1-7H3,(H,36,37);2*1H4/t2*20-,23-,26-,30-,31+,32+,33+;;/m00../s1/i;;2*1T. The number of amides is 1. The summed E-state index contributed by atoms with van der Waals surface area (Å²) in [5, 5.41) is 9.58. The van der Waals surface area contributed by atoms with Crippen molar-refractivity contribution in [1.29, 1.82) is 0 Å². The first-order valence-electron chi connectivity index (χ1n) is 31.3. The SMILES string of the molecule is [3H]C.[3H]C.[C-]#[N+]C1=C[C@]2(C)C3=CC(=O)[C@@H]4[C@@H]5CC(C)(C)CC[C@]5(CCC(=O)O)CC[C@@]4(C)[C@]3(C)CC[C@H]2C(C)(C)C1=O.[C-]#[N+]C1=C[C@]2(C)C3=CC(=O)[C@@H]4[C@@H]5CC(C)(C)CC[C@]5(CCC(N)=O)CC[C@@]4(C)[C@]3(C)CC[C@H]2C(C)(C)C1=O. The molecule has 10 nitrogen and oxygen atoms in total. The molecule has 0 unspecified atom stereocenters. The highest BCUT2D eigenvalue weighted by Gasteiger charge is 2.72. The highest BCUT2D eigenvalue weighted by Crippen LogP contribution is 2.77. The van der Waals surface area contributed by atoms with Gasteiger partial charge in [-0.3, -0.25) is 19.2 Å². The first kappa shape index (κ1) is 58.2. The number of nitrogens with zero attached hydrogens (tertiary/aromatic N) is 2. The van der Waals surface area contributed by atoms with Gasteiger partial charge in [0.2, 0.25) is 17.3 Å². The van der Waals surface area contributed by atoms with Gasteiger partial charge in [0.1, 0.15) is 0 Å². The molecule has 3 N–H and O–H groups in total. The van der Waals surface area contributed by atoms with E-state index in [-0.39, 0.29) is 126 Å². The average Bonchev–Trinajstić information content (AvgIpc) is 3.38. The number of carboxylic acids is 1. The van der Waals surface area contributed by atoms with E-state index in [1.165, 1.54) is 14.8 Å². The fourth-order valence-corrected chi connectivity index (χ4v) is 21.0. The second-order valence-electron chi connectivity index (χ2n) is 31.0. The van der Waals surface area contributed by atoms with Crippen molar-refractivity contribution in [3.05, 3.63) is 69.7 Å². The molecule has 0 bridgehead atoms. The lowest BCUT2D eigenvalue weighted by atomic mass is 9.34. The molecule has 6 saturated carbocycles. The quantitative estimate of drug-likeness (QED) is 0.251. The lowest BCUT2D eigenvalue weighted by molar-refractivity contribution is -0.174. The molecular weight excluding hydrogens is 971 g/mol. The van der Waals surface area contributed by atoms with Crippen LogP contribution in [0.15, 0.2) is 46.8 Å². The van der Waals surface area contributed by atoms with Gasteiger partial charge in [-0.2, -0.15) is 0 Å². The van der Waals surface area contributed by atoms with Crippen LogP contribution < -0.4 is 5.73 Å². The highest BCUT2D eigenvalue weighted by atomic mass is 16.4. The van der Waals surface area contributed by atoms with Crippen LogP contribution in [0.5, 0.6) is 0 Å². The molecule has 1 amide bonds. The monoisotopic (exact) mass is 1070 g/mol. The number of rotatable bonds is 6. The van der Waals surface area contributed by atoms with Gasteiger partial charge in [-0.25, -0.2) is 9.69 Å². The molecule has 428 valence electrons. The van der Waals surface area contributed by atoms with E-state index >= 15 is 0 Å². The number of carboxylic acid groups (broad SMARTS) is 1. The summed E-state index contributed by atoms with van der Waals surface area (Å²) in [7, 11) is 2.50. The van der Waals surface area contributed by atoms with Crippen molar-refractivity contribution in [2.75, 3.05) is 0 Å². The Balaban J connectivity index is 0.000000218. The van der Waals surface area contributed by atoms with Gasteiger partial charge in [0.15, 0.2) is 23.1 Å². The molecule has 0 saturated heterocycles. The summed E-state index contributed by atoms with van der Waals surface area (Å²) < 4.78 is 11.5. The predicted octanol–water partition coefficient (Wildman–Crippen LogP) is 15.5. The lowest BCUT2D eigenvalue weighted by Gasteiger charge is -2.69. The van der Waals surface area contributed by atoms with Crippen LogP contribution in [0.2, 0.25) is 0 Å². The van der Waals surface area contributed by atoms with Crippen molar-refractivity contribution in [2.24, 2.45) is 106 Å².